The van der Waals surface area contributed by atoms with E-state index in [0.29, 0.717) is 11.3 Å². The fourth-order valence-electron chi connectivity index (χ4n) is 2.69. The van der Waals surface area contributed by atoms with Gasteiger partial charge in [-0.25, -0.2) is 4.79 Å². The van der Waals surface area contributed by atoms with E-state index in [1.165, 1.54) is 29.5 Å². The predicted octanol–water partition coefficient (Wildman–Crippen LogP) is 1.58. The van der Waals surface area contributed by atoms with Crippen molar-refractivity contribution >= 4 is 41.0 Å². The molecule has 9 nitrogen and oxygen atoms in total. The molecule has 0 fully saturated rings. The number of thiophene rings is 1. The van der Waals surface area contributed by atoms with Gasteiger partial charge in [-0.15, -0.1) is 11.3 Å². The lowest BCUT2D eigenvalue weighted by atomic mass is 10.1. The first-order valence-corrected chi connectivity index (χ1v) is 9.76. The summed E-state index contributed by atoms with van der Waals surface area (Å²) in [5, 5.41) is 13.3. The van der Waals surface area contributed by atoms with Gasteiger partial charge >= 0.3 is 5.97 Å². The number of fused-ring (bicyclic) bond motifs is 1. The second-order valence-corrected chi connectivity index (χ2v) is 7.34. The molecule has 10 heteroatoms. The van der Waals surface area contributed by atoms with Gasteiger partial charge in [-0.2, -0.15) is 0 Å². The van der Waals surface area contributed by atoms with Crippen LogP contribution in [0.25, 0.3) is 6.08 Å². The Morgan fingerprint density at radius 3 is 2.77 bits per heavy atom. The molecule has 0 aliphatic carbocycles. The van der Waals surface area contributed by atoms with Crippen LogP contribution in [-0.2, 0) is 14.4 Å². The predicted molar refractivity (Wildman–Crippen MR) is 107 cm³/mol. The number of aliphatic carboxylic acids is 1. The molecule has 0 saturated heterocycles. The van der Waals surface area contributed by atoms with Crippen molar-refractivity contribution < 1.29 is 33.8 Å². The molecule has 0 spiro atoms. The summed E-state index contributed by atoms with van der Waals surface area (Å²) in [6.45, 7) is -0.453. The van der Waals surface area contributed by atoms with Crippen molar-refractivity contribution in [2.75, 3.05) is 6.61 Å². The highest BCUT2D eigenvalue weighted by molar-refractivity contribution is 7.10. The van der Waals surface area contributed by atoms with Gasteiger partial charge in [0, 0.05) is 23.4 Å². The lowest BCUT2D eigenvalue weighted by Crippen LogP contribution is -2.43. The van der Waals surface area contributed by atoms with Crippen LogP contribution in [0.15, 0.2) is 41.5 Å². The van der Waals surface area contributed by atoms with Crippen LogP contribution >= 0.6 is 11.3 Å². The fraction of sp³-hybridized carbons (Fsp3) is 0.200. The van der Waals surface area contributed by atoms with Crippen LogP contribution in [0.1, 0.15) is 28.1 Å². The van der Waals surface area contributed by atoms with E-state index in [9.17, 15) is 19.2 Å². The number of carboxylic acid groups (broad SMARTS) is 1. The summed E-state index contributed by atoms with van der Waals surface area (Å²) in [5.41, 5.74) is 5.38. The minimum atomic E-state index is -1.28. The number of hydrogen-bond acceptors (Lipinski definition) is 7. The normalized spacial score (nSPS) is 14.7. The smallest absolute Gasteiger partial charge is 0.326 e. The lowest BCUT2D eigenvalue weighted by Gasteiger charge is -2.14. The first kappa shape index (κ1) is 21.1. The topological polar surface area (TPSA) is 145 Å². The number of amides is 2. The van der Waals surface area contributed by atoms with E-state index < -0.39 is 30.4 Å². The number of carbonyl (C=O) groups is 4. The van der Waals surface area contributed by atoms with Crippen LogP contribution in [0.2, 0.25) is 0 Å². The Balaban J connectivity index is 1.59. The van der Waals surface area contributed by atoms with Gasteiger partial charge in [0.2, 0.25) is 11.7 Å². The Morgan fingerprint density at radius 2 is 2.10 bits per heavy atom. The number of nitrogens with two attached hydrogens (primary N) is 1. The fourth-order valence-corrected chi connectivity index (χ4v) is 3.33. The number of ketones is 1. The highest BCUT2D eigenvalue weighted by Crippen LogP contribution is 2.35. The van der Waals surface area contributed by atoms with Crippen molar-refractivity contribution in [3.63, 3.8) is 0 Å². The number of allylic oxidation sites excluding steroid dienone is 1. The van der Waals surface area contributed by atoms with Gasteiger partial charge in [-0.05, 0) is 30.0 Å². The van der Waals surface area contributed by atoms with E-state index in [1.54, 1.807) is 6.08 Å². The standard InChI is InChI=1S/C20H18N2O7S/c21-17(23)6-5-14(20(26)27)22-18(24)10-28-11-3-4-13-15(8-11)29-16(19(13)25)9-12-2-1-7-30-12/h1-4,7-9,14H,5-6,10H2,(H2,21,23)(H,22,24)(H,26,27)/t14-/m0/s1. The number of Topliss-reactive ketones (excluding diaryl/α,β-unsaturated/α-hetero) is 1. The number of ether oxygens (including phenoxy) is 2. The maximum absolute atomic E-state index is 12.4. The summed E-state index contributed by atoms with van der Waals surface area (Å²) in [6.07, 6.45) is 1.36. The van der Waals surface area contributed by atoms with Gasteiger partial charge in [-0.1, -0.05) is 6.07 Å². The molecular weight excluding hydrogens is 412 g/mol. The van der Waals surface area contributed by atoms with Crippen LogP contribution in [-0.4, -0.2) is 41.3 Å². The molecule has 1 aromatic carbocycles. The molecule has 1 aliphatic heterocycles. The zero-order valence-electron chi connectivity index (χ0n) is 15.6. The van der Waals surface area contributed by atoms with Gasteiger partial charge in [0.05, 0.1) is 5.56 Å². The van der Waals surface area contributed by atoms with Gasteiger partial charge in [-0.3, -0.25) is 14.4 Å². The molecule has 0 bridgehead atoms. The summed E-state index contributed by atoms with van der Waals surface area (Å²) in [6, 6.07) is 7.01. The van der Waals surface area contributed by atoms with Gasteiger partial charge in [0.1, 0.15) is 17.5 Å². The van der Waals surface area contributed by atoms with Gasteiger partial charge in [0.15, 0.2) is 12.4 Å². The van der Waals surface area contributed by atoms with Crippen LogP contribution < -0.4 is 20.5 Å². The molecule has 2 amide bonds. The average molecular weight is 430 g/mol. The van der Waals surface area contributed by atoms with E-state index in [4.69, 9.17) is 20.3 Å². The first-order valence-electron chi connectivity index (χ1n) is 8.88. The summed E-state index contributed by atoms with van der Waals surface area (Å²) in [5.74, 6) is -2.08. The average Bonchev–Trinajstić information content (AvgIpc) is 3.31. The Hall–Kier alpha value is -3.66. The Kier molecular flexibility index (Phi) is 6.48. The summed E-state index contributed by atoms with van der Waals surface area (Å²) < 4.78 is 11.0. The van der Waals surface area contributed by atoms with E-state index in [2.05, 4.69) is 5.32 Å². The molecule has 1 atom stereocenters. The molecule has 3 rings (SSSR count). The third kappa shape index (κ3) is 5.23. The summed E-state index contributed by atoms with van der Waals surface area (Å²) >= 11 is 1.47. The summed E-state index contributed by atoms with van der Waals surface area (Å²) in [7, 11) is 0. The molecule has 0 radical (unpaired) electrons. The van der Waals surface area contributed by atoms with Crippen molar-refractivity contribution in [2.24, 2.45) is 5.73 Å². The monoisotopic (exact) mass is 430 g/mol. The first-order chi connectivity index (χ1) is 14.3. The molecule has 156 valence electrons. The highest BCUT2D eigenvalue weighted by Gasteiger charge is 2.28. The van der Waals surface area contributed by atoms with Crippen LogP contribution in [0.3, 0.4) is 0 Å². The van der Waals surface area contributed by atoms with E-state index in [-0.39, 0.29) is 30.1 Å². The summed E-state index contributed by atoms with van der Waals surface area (Å²) in [4.78, 5) is 47.2. The molecule has 2 heterocycles. The van der Waals surface area contributed by atoms with Crippen LogP contribution in [0.4, 0.5) is 0 Å². The van der Waals surface area contributed by atoms with E-state index in [1.807, 2.05) is 17.5 Å². The molecule has 2 aromatic rings. The second-order valence-electron chi connectivity index (χ2n) is 6.37. The number of hydrogen-bond donors (Lipinski definition) is 3. The Morgan fingerprint density at radius 1 is 1.30 bits per heavy atom. The van der Waals surface area contributed by atoms with Crippen LogP contribution in [0.5, 0.6) is 11.5 Å². The Bertz CT molecular complexity index is 1010. The number of benzene rings is 1. The molecule has 30 heavy (non-hydrogen) atoms. The molecule has 0 unspecified atom stereocenters. The second kappa shape index (κ2) is 9.23. The number of nitrogens with one attached hydrogen (secondary N) is 1. The molecule has 4 N–H and O–H groups in total. The highest BCUT2D eigenvalue weighted by atomic mass is 32.1. The zero-order valence-corrected chi connectivity index (χ0v) is 16.4. The molecular formula is C20H18N2O7S. The number of carbonyl (C=O) groups excluding carboxylic acids is 3. The quantitative estimate of drug-likeness (QED) is 0.512. The number of rotatable bonds is 9. The Labute approximate surface area is 175 Å². The maximum Gasteiger partial charge on any atom is 0.326 e. The van der Waals surface area contributed by atoms with Crippen molar-refractivity contribution in [2.45, 2.75) is 18.9 Å². The van der Waals surface area contributed by atoms with Crippen LogP contribution in [0, 0.1) is 0 Å². The van der Waals surface area contributed by atoms with Crippen molar-refractivity contribution in [1.29, 1.82) is 0 Å². The lowest BCUT2D eigenvalue weighted by molar-refractivity contribution is -0.142. The maximum atomic E-state index is 12.4. The van der Waals surface area contributed by atoms with E-state index in [0.717, 1.165) is 4.88 Å². The number of primary amides is 1. The molecule has 1 aliphatic rings. The molecule has 0 saturated carbocycles. The van der Waals surface area contributed by atoms with Gasteiger partial charge < -0.3 is 25.6 Å². The van der Waals surface area contributed by atoms with Crippen molar-refractivity contribution in [3.05, 3.63) is 51.9 Å². The zero-order chi connectivity index (χ0) is 21.7. The van der Waals surface area contributed by atoms with E-state index >= 15 is 0 Å². The third-order valence-electron chi connectivity index (χ3n) is 4.14. The molecule has 1 aromatic heterocycles. The minimum Gasteiger partial charge on any atom is -0.484 e. The van der Waals surface area contributed by atoms with Crippen molar-refractivity contribution in [3.8, 4) is 11.5 Å². The third-order valence-corrected chi connectivity index (χ3v) is 4.96. The van der Waals surface area contributed by atoms with Crippen molar-refractivity contribution in [1.82, 2.24) is 5.32 Å². The SMILES string of the molecule is NC(=O)CC[C@H](NC(=O)COc1ccc2c(c1)OC(=Cc1cccs1)C2=O)C(=O)O. The van der Waals surface area contributed by atoms with Gasteiger partial charge in [0.25, 0.3) is 5.91 Å². The number of carboxylic acids is 1. The minimum absolute atomic E-state index is 0.120. The largest absolute Gasteiger partial charge is 0.484 e.